The largest absolute Gasteiger partial charge is 0.494 e. The number of alkyl halides is 6. The molecule has 5 nitrogen and oxygen atoms in total. The van der Waals surface area contributed by atoms with Gasteiger partial charge in [0.05, 0.1) is 25.4 Å². The van der Waals surface area contributed by atoms with Crippen LogP contribution >= 0.6 is 0 Å². The minimum Gasteiger partial charge on any atom is -0.494 e. The Hall–Kier alpha value is -5.94. The summed E-state index contributed by atoms with van der Waals surface area (Å²) in [6.07, 6.45) is -14.4. The summed E-state index contributed by atoms with van der Waals surface area (Å²) in [5.74, 6) is -2.31. The van der Waals surface area contributed by atoms with E-state index in [0.29, 0.717) is 58.8 Å². The first-order valence-electron chi connectivity index (χ1n) is 19.3. The van der Waals surface area contributed by atoms with E-state index >= 15 is 26.3 Å². The third kappa shape index (κ3) is 12.0. The predicted molar refractivity (Wildman–Crippen MR) is 215 cm³/mol. The number of para-hydroxylation sites is 2. The maximum atomic E-state index is 15.6. The normalized spacial score (nSPS) is 13.8. The zero-order valence-electron chi connectivity index (χ0n) is 32.5. The topological polar surface area (TPSA) is 46.2 Å². The van der Waals surface area contributed by atoms with Gasteiger partial charge in [-0.15, -0.1) is 0 Å². The van der Waals surface area contributed by atoms with Crippen molar-refractivity contribution in [3.8, 4) is 34.5 Å². The van der Waals surface area contributed by atoms with E-state index in [1.165, 1.54) is 48.5 Å². The Bertz CT molecular complexity index is 2020. The second kappa shape index (κ2) is 19.7. The quantitative estimate of drug-likeness (QED) is 0.0809. The van der Waals surface area contributed by atoms with Crippen molar-refractivity contribution in [3.63, 3.8) is 0 Å². The molecule has 0 saturated carbocycles. The Morgan fingerprint density at radius 3 is 1.10 bits per heavy atom. The molecule has 0 radical (unpaired) electrons. The van der Waals surface area contributed by atoms with Gasteiger partial charge in [0.25, 0.3) is 0 Å². The van der Waals surface area contributed by atoms with Crippen molar-refractivity contribution in [2.45, 2.75) is 63.1 Å². The van der Waals surface area contributed by atoms with Crippen LogP contribution in [0, 0.1) is 0 Å². The highest BCUT2D eigenvalue weighted by molar-refractivity contribution is 5.38. The molecule has 0 N–H and O–H groups in total. The lowest BCUT2D eigenvalue weighted by atomic mass is 9.86. The molecule has 0 aromatic heterocycles. The molecule has 0 fully saturated rings. The number of rotatable bonds is 18. The standard InChI is InChI=1S/C48H44F6O5/c1-3-55-37-25-21-35(22-26-37)45(47(49,50)51)43(31-33-13-11-19-41(29-33)57-39-15-7-5-8-16-39)59-44(46(48(52,53)54)36-23-27-38(28-24-36)56-4-2)32-34-14-12-20-42(30-34)58-40-17-9-6-10-18-40/h5-30,43-46H,3-4,31-32H2,1-2H3. The predicted octanol–water partition coefficient (Wildman–Crippen LogP) is 13.3. The maximum absolute atomic E-state index is 15.6. The van der Waals surface area contributed by atoms with Gasteiger partial charge in [-0.05, 0) is 122 Å². The monoisotopic (exact) mass is 814 g/mol. The van der Waals surface area contributed by atoms with Crippen molar-refractivity contribution in [3.05, 3.63) is 180 Å². The number of halogens is 6. The molecule has 0 aliphatic rings. The summed E-state index contributed by atoms with van der Waals surface area (Å²) >= 11 is 0. The summed E-state index contributed by atoms with van der Waals surface area (Å²) in [6.45, 7) is 4.08. The van der Waals surface area contributed by atoms with E-state index in [4.69, 9.17) is 23.7 Å². The first-order valence-corrected chi connectivity index (χ1v) is 19.3. The molecule has 0 heterocycles. The molecular formula is C48H44F6O5. The zero-order valence-corrected chi connectivity index (χ0v) is 32.5. The SMILES string of the molecule is CCOc1ccc(C(C(Cc2cccc(Oc3ccccc3)c2)OC(Cc2cccc(Oc3ccccc3)c2)C(c2ccc(OCC)cc2)C(F)(F)F)C(F)(F)F)cc1. The second-order valence-corrected chi connectivity index (χ2v) is 13.8. The fraction of sp³-hybridized carbons (Fsp3) is 0.250. The van der Waals surface area contributed by atoms with E-state index < -0.39 is 49.2 Å². The van der Waals surface area contributed by atoms with Gasteiger partial charge < -0.3 is 23.7 Å². The first-order chi connectivity index (χ1) is 28.4. The van der Waals surface area contributed by atoms with Gasteiger partial charge in [-0.1, -0.05) is 84.9 Å². The lowest BCUT2D eigenvalue weighted by molar-refractivity contribution is -0.211. The van der Waals surface area contributed by atoms with Crippen molar-refractivity contribution in [1.29, 1.82) is 0 Å². The summed E-state index contributed by atoms with van der Waals surface area (Å²) in [5, 5.41) is 0. The van der Waals surface area contributed by atoms with Gasteiger partial charge in [0.1, 0.15) is 46.3 Å². The molecule has 0 saturated heterocycles. The van der Waals surface area contributed by atoms with Gasteiger partial charge in [0.2, 0.25) is 0 Å². The molecule has 0 spiro atoms. The molecule has 0 aliphatic heterocycles. The third-order valence-corrected chi connectivity index (χ3v) is 9.53. The number of benzene rings is 6. The van der Waals surface area contributed by atoms with E-state index in [1.807, 2.05) is 12.1 Å². The smallest absolute Gasteiger partial charge is 0.398 e. The van der Waals surface area contributed by atoms with Crippen molar-refractivity contribution in [1.82, 2.24) is 0 Å². The Balaban J connectivity index is 1.46. The first kappa shape index (κ1) is 42.7. The van der Waals surface area contributed by atoms with E-state index in [9.17, 15) is 0 Å². The van der Waals surface area contributed by atoms with Gasteiger partial charge in [-0.2, -0.15) is 26.3 Å². The molecule has 11 heteroatoms. The van der Waals surface area contributed by atoms with Crippen LogP contribution in [0.4, 0.5) is 26.3 Å². The van der Waals surface area contributed by atoms with Crippen LogP contribution in [0.3, 0.4) is 0 Å². The maximum Gasteiger partial charge on any atom is 0.398 e. The Kier molecular flexibility index (Phi) is 14.2. The Morgan fingerprint density at radius 2 is 0.763 bits per heavy atom. The van der Waals surface area contributed by atoms with Crippen LogP contribution in [0.25, 0.3) is 0 Å². The van der Waals surface area contributed by atoms with Crippen LogP contribution in [0.2, 0.25) is 0 Å². The van der Waals surface area contributed by atoms with Crippen LogP contribution in [-0.2, 0) is 17.6 Å². The van der Waals surface area contributed by atoms with Crippen molar-refractivity contribution >= 4 is 0 Å². The number of hydrogen-bond acceptors (Lipinski definition) is 5. The minimum absolute atomic E-state index is 0.190. The van der Waals surface area contributed by atoms with E-state index in [0.717, 1.165) is 0 Å². The van der Waals surface area contributed by atoms with Crippen LogP contribution in [0.5, 0.6) is 34.5 Å². The molecule has 59 heavy (non-hydrogen) atoms. The van der Waals surface area contributed by atoms with Gasteiger partial charge in [-0.25, -0.2) is 0 Å². The number of ether oxygens (including phenoxy) is 5. The van der Waals surface area contributed by atoms with Crippen molar-refractivity contribution < 1.29 is 50.0 Å². The highest BCUT2D eigenvalue weighted by atomic mass is 19.4. The number of hydrogen-bond donors (Lipinski definition) is 0. The van der Waals surface area contributed by atoms with Crippen LogP contribution in [0.15, 0.2) is 158 Å². The van der Waals surface area contributed by atoms with Crippen molar-refractivity contribution in [2.75, 3.05) is 13.2 Å². The molecule has 4 atom stereocenters. The summed E-state index contributed by atoms with van der Waals surface area (Å²) in [7, 11) is 0. The summed E-state index contributed by atoms with van der Waals surface area (Å²) in [6, 6.07) is 41.3. The Morgan fingerprint density at radius 1 is 0.407 bits per heavy atom. The van der Waals surface area contributed by atoms with E-state index in [1.54, 1.807) is 111 Å². The molecule has 4 unspecified atom stereocenters. The van der Waals surface area contributed by atoms with Crippen molar-refractivity contribution in [2.24, 2.45) is 0 Å². The highest BCUT2D eigenvalue weighted by Gasteiger charge is 2.51. The fourth-order valence-electron chi connectivity index (χ4n) is 7.00. The molecule has 6 aromatic carbocycles. The molecule has 6 rings (SSSR count). The highest BCUT2D eigenvalue weighted by Crippen LogP contribution is 2.46. The zero-order chi connectivity index (χ0) is 41.8. The molecular weight excluding hydrogens is 771 g/mol. The van der Waals surface area contributed by atoms with E-state index in [2.05, 4.69) is 0 Å². The Labute approximate surface area is 340 Å². The molecule has 0 amide bonds. The third-order valence-electron chi connectivity index (χ3n) is 9.53. The van der Waals surface area contributed by atoms with E-state index in [-0.39, 0.29) is 11.1 Å². The lowest BCUT2D eigenvalue weighted by Gasteiger charge is -2.37. The summed E-state index contributed by atoms with van der Waals surface area (Å²) in [5.41, 5.74) is 0.351. The van der Waals surface area contributed by atoms with Gasteiger partial charge in [0, 0.05) is 0 Å². The van der Waals surface area contributed by atoms with Gasteiger partial charge in [-0.3, -0.25) is 0 Å². The summed E-state index contributed by atoms with van der Waals surface area (Å²) in [4.78, 5) is 0. The molecule has 0 bridgehead atoms. The lowest BCUT2D eigenvalue weighted by Crippen LogP contribution is -2.43. The summed E-state index contributed by atoms with van der Waals surface area (Å²) < 4.78 is 123. The average Bonchev–Trinajstić information content (AvgIpc) is 3.20. The van der Waals surface area contributed by atoms with Gasteiger partial charge in [0.15, 0.2) is 0 Å². The molecule has 6 aromatic rings. The average molecular weight is 815 g/mol. The van der Waals surface area contributed by atoms with Crippen LogP contribution in [-0.4, -0.2) is 37.8 Å². The van der Waals surface area contributed by atoms with Crippen LogP contribution < -0.4 is 18.9 Å². The fourth-order valence-corrected chi connectivity index (χ4v) is 7.00. The minimum atomic E-state index is -4.95. The van der Waals surface area contributed by atoms with Crippen LogP contribution in [0.1, 0.15) is 47.9 Å². The molecule has 0 aliphatic carbocycles. The second-order valence-electron chi connectivity index (χ2n) is 13.8. The van der Waals surface area contributed by atoms with Gasteiger partial charge >= 0.3 is 12.4 Å². The molecule has 308 valence electrons.